The molecule has 2 N–H and O–H groups in total. The van der Waals surface area contributed by atoms with E-state index in [2.05, 4.69) is 28.0 Å². The van der Waals surface area contributed by atoms with Crippen LogP contribution in [0.3, 0.4) is 0 Å². The molecule has 0 aliphatic heterocycles. The van der Waals surface area contributed by atoms with Crippen molar-refractivity contribution >= 4 is 0 Å². The highest BCUT2D eigenvalue weighted by Crippen LogP contribution is 2.29. The van der Waals surface area contributed by atoms with Gasteiger partial charge in [0.25, 0.3) is 0 Å². The molecule has 2 unspecified atom stereocenters. The second-order valence-electron chi connectivity index (χ2n) is 5.65. The molecule has 4 nitrogen and oxygen atoms in total. The zero-order valence-electron chi connectivity index (χ0n) is 12.0. The molecular formula is C15H27N3O. The molecule has 2 atom stereocenters. The normalized spacial score (nSPS) is 23.7. The number of aryl methyl sites for hydroxylation is 1. The van der Waals surface area contributed by atoms with E-state index in [9.17, 15) is 5.11 Å². The Labute approximate surface area is 116 Å². The average molecular weight is 265 g/mol. The number of aliphatic hydroxyl groups is 1. The van der Waals surface area contributed by atoms with Crippen molar-refractivity contribution in [1.82, 2.24) is 14.9 Å². The van der Waals surface area contributed by atoms with Gasteiger partial charge in [0, 0.05) is 25.5 Å². The largest absolute Gasteiger partial charge is 0.396 e. The topological polar surface area (TPSA) is 50.1 Å². The Bertz CT molecular complexity index is 364. The van der Waals surface area contributed by atoms with E-state index in [0.29, 0.717) is 18.4 Å². The number of rotatable bonds is 7. The summed E-state index contributed by atoms with van der Waals surface area (Å²) >= 11 is 0. The van der Waals surface area contributed by atoms with Crippen LogP contribution < -0.4 is 5.32 Å². The Kier molecular flexibility index (Phi) is 5.86. The Balaban J connectivity index is 1.77. The van der Waals surface area contributed by atoms with E-state index in [1.54, 1.807) is 0 Å². The maximum atomic E-state index is 9.41. The fourth-order valence-electron chi connectivity index (χ4n) is 3.11. The summed E-state index contributed by atoms with van der Waals surface area (Å²) in [6.45, 7) is 5.41. The third-order valence-corrected chi connectivity index (χ3v) is 4.26. The zero-order valence-corrected chi connectivity index (χ0v) is 12.0. The predicted molar refractivity (Wildman–Crippen MR) is 76.8 cm³/mol. The summed E-state index contributed by atoms with van der Waals surface area (Å²) in [7, 11) is 0. The number of nitrogens with zero attached hydrogens (tertiary/aromatic N) is 2. The van der Waals surface area contributed by atoms with E-state index < -0.39 is 0 Å². The molecule has 2 rings (SSSR count). The highest BCUT2D eigenvalue weighted by molar-refractivity contribution is 4.92. The van der Waals surface area contributed by atoms with Gasteiger partial charge in [-0.2, -0.15) is 0 Å². The monoisotopic (exact) mass is 265 g/mol. The van der Waals surface area contributed by atoms with Gasteiger partial charge >= 0.3 is 0 Å². The summed E-state index contributed by atoms with van der Waals surface area (Å²) in [5.41, 5.74) is 0. The summed E-state index contributed by atoms with van der Waals surface area (Å²) in [4.78, 5) is 4.41. The molecular weight excluding hydrogens is 238 g/mol. The number of nitrogens with one attached hydrogen (secondary N) is 1. The van der Waals surface area contributed by atoms with Crippen LogP contribution in [0, 0.1) is 11.8 Å². The Hall–Kier alpha value is -0.870. The minimum atomic E-state index is 0.344. The molecule has 0 bridgehead atoms. The van der Waals surface area contributed by atoms with Crippen molar-refractivity contribution in [2.24, 2.45) is 11.8 Å². The summed E-state index contributed by atoms with van der Waals surface area (Å²) < 4.78 is 2.22. The second kappa shape index (κ2) is 7.65. The highest BCUT2D eigenvalue weighted by Gasteiger charge is 2.23. The fourth-order valence-corrected chi connectivity index (χ4v) is 3.11. The molecule has 1 heterocycles. The van der Waals surface area contributed by atoms with Gasteiger partial charge in [0.05, 0.1) is 6.54 Å². The summed E-state index contributed by atoms with van der Waals surface area (Å²) in [6.07, 6.45) is 10.1. The molecule has 0 radical (unpaired) electrons. The molecule has 4 heteroatoms. The van der Waals surface area contributed by atoms with Crippen molar-refractivity contribution in [2.45, 2.75) is 52.1 Å². The van der Waals surface area contributed by atoms with Gasteiger partial charge in [-0.15, -0.1) is 0 Å². The van der Waals surface area contributed by atoms with Gasteiger partial charge in [-0.25, -0.2) is 4.98 Å². The predicted octanol–water partition coefficient (Wildman–Crippen LogP) is 2.18. The lowest BCUT2D eigenvalue weighted by molar-refractivity contribution is 0.133. The van der Waals surface area contributed by atoms with Gasteiger partial charge in [-0.1, -0.05) is 19.8 Å². The molecule has 0 spiro atoms. The van der Waals surface area contributed by atoms with Gasteiger partial charge < -0.3 is 15.0 Å². The number of aromatic nitrogens is 2. The van der Waals surface area contributed by atoms with Crippen LogP contribution in [0.1, 0.15) is 44.9 Å². The van der Waals surface area contributed by atoms with Gasteiger partial charge in [-0.3, -0.25) is 0 Å². The van der Waals surface area contributed by atoms with E-state index in [0.717, 1.165) is 31.9 Å². The molecule has 19 heavy (non-hydrogen) atoms. The van der Waals surface area contributed by atoms with E-state index in [1.807, 2.05) is 6.20 Å². The first-order valence-electron chi connectivity index (χ1n) is 7.66. The number of hydrogen-bond donors (Lipinski definition) is 2. The second-order valence-corrected chi connectivity index (χ2v) is 5.65. The number of aliphatic hydroxyl groups excluding tert-OH is 1. The standard InChI is InChI=1S/C15H27N3O/c1-2-8-18-9-7-17-15(18)11-16-10-13-5-3-4-6-14(13)12-19/h7,9,13-14,16,19H,2-6,8,10-12H2,1H3. The maximum Gasteiger partial charge on any atom is 0.122 e. The van der Waals surface area contributed by atoms with E-state index >= 15 is 0 Å². The van der Waals surface area contributed by atoms with Gasteiger partial charge in [-0.05, 0) is 37.6 Å². The lowest BCUT2D eigenvalue weighted by Crippen LogP contribution is -2.32. The van der Waals surface area contributed by atoms with Crippen LogP contribution in [0.4, 0.5) is 0 Å². The fraction of sp³-hybridized carbons (Fsp3) is 0.800. The van der Waals surface area contributed by atoms with Crippen LogP contribution in [-0.4, -0.2) is 27.8 Å². The van der Waals surface area contributed by atoms with Crippen molar-refractivity contribution in [2.75, 3.05) is 13.2 Å². The summed E-state index contributed by atoms with van der Waals surface area (Å²) in [5, 5.41) is 12.9. The number of imidazole rings is 1. The lowest BCUT2D eigenvalue weighted by Gasteiger charge is -2.30. The lowest BCUT2D eigenvalue weighted by atomic mass is 9.79. The molecule has 108 valence electrons. The molecule has 1 aliphatic rings. The Morgan fingerprint density at radius 3 is 2.89 bits per heavy atom. The average Bonchev–Trinajstić information content (AvgIpc) is 2.87. The summed E-state index contributed by atoms with van der Waals surface area (Å²) in [6, 6.07) is 0. The molecule has 1 saturated carbocycles. The zero-order chi connectivity index (χ0) is 13.5. The summed E-state index contributed by atoms with van der Waals surface area (Å²) in [5.74, 6) is 2.25. The Morgan fingerprint density at radius 2 is 2.16 bits per heavy atom. The molecule has 1 aliphatic carbocycles. The van der Waals surface area contributed by atoms with Gasteiger partial charge in [0.1, 0.15) is 5.82 Å². The third-order valence-electron chi connectivity index (χ3n) is 4.26. The van der Waals surface area contributed by atoms with Crippen molar-refractivity contribution in [1.29, 1.82) is 0 Å². The molecule has 1 fully saturated rings. The SMILES string of the molecule is CCCn1ccnc1CNCC1CCCCC1CO. The van der Waals surface area contributed by atoms with Crippen LogP contribution in [0.15, 0.2) is 12.4 Å². The molecule has 0 aromatic carbocycles. The quantitative estimate of drug-likeness (QED) is 0.794. The van der Waals surface area contributed by atoms with E-state index in [4.69, 9.17) is 0 Å². The van der Waals surface area contributed by atoms with E-state index in [-0.39, 0.29) is 0 Å². The number of hydrogen-bond acceptors (Lipinski definition) is 3. The minimum Gasteiger partial charge on any atom is -0.396 e. The van der Waals surface area contributed by atoms with Crippen molar-refractivity contribution in [3.63, 3.8) is 0 Å². The highest BCUT2D eigenvalue weighted by atomic mass is 16.3. The van der Waals surface area contributed by atoms with Crippen molar-refractivity contribution < 1.29 is 5.11 Å². The first-order valence-corrected chi connectivity index (χ1v) is 7.66. The van der Waals surface area contributed by atoms with Gasteiger partial charge in [0.2, 0.25) is 0 Å². The smallest absolute Gasteiger partial charge is 0.122 e. The molecule has 1 aromatic heterocycles. The van der Waals surface area contributed by atoms with Crippen LogP contribution in [0.5, 0.6) is 0 Å². The first-order chi connectivity index (χ1) is 9.35. The third kappa shape index (κ3) is 4.05. The molecule has 0 saturated heterocycles. The van der Waals surface area contributed by atoms with Crippen LogP contribution >= 0.6 is 0 Å². The van der Waals surface area contributed by atoms with Crippen LogP contribution in [0.2, 0.25) is 0 Å². The maximum absolute atomic E-state index is 9.41. The van der Waals surface area contributed by atoms with E-state index in [1.165, 1.54) is 25.7 Å². The Morgan fingerprint density at radius 1 is 1.37 bits per heavy atom. The van der Waals surface area contributed by atoms with Crippen molar-refractivity contribution in [3.05, 3.63) is 18.2 Å². The van der Waals surface area contributed by atoms with Crippen LogP contribution in [0.25, 0.3) is 0 Å². The van der Waals surface area contributed by atoms with Crippen LogP contribution in [-0.2, 0) is 13.1 Å². The molecule has 0 amide bonds. The van der Waals surface area contributed by atoms with Crippen molar-refractivity contribution in [3.8, 4) is 0 Å². The first kappa shape index (κ1) is 14.5. The van der Waals surface area contributed by atoms with Gasteiger partial charge in [0.15, 0.2) is 0 Å². The minimum absolute atomic E-state index is 0.344. The molecule has 1 aromatic rings.